The van der Waals surface area contributed by atoms with Gasteiger partial charge in [0.25, 0.3) is 0 Å². The number of nitrogens with one attached hydrogen (secondary N) is 1. The molecule has 1 aromatic carbocycles. The van der Waals surface area contributed by atoms with E-state index in [1.165, 1.54) is 0 Å². The molecular formula is C15H20BrNO2. The number of carbonyl (C=O) groups is 1. The Kier molecular flexibility index (Phi) is 4.63. The molecule has 1 unspecified atom stereocenters. The minimum Gasteiger partial charge on any atom is -0.465 e. The van der Waals surface area contributed by atoms with E-state index in [4.69, 9.17) is 4.74 Å². The van der Waals surface area contributed by atoms with E-state index >= 15 is 0 Å². The van der Waals surface area contributed by atoms with Crippen molar-refractivity contribution in [3.05, 3.63) is 34.3 Å². The van der Waals surface area contributed by atoms with Gasteiger partial charge in [-0.15, -0.1) is 0 Å². The Hall–Kier alpha value is -0.870. The summed E-state index contributed by atoms with van der Waals surface area (Å²) in [5, 5.41) is 3.43. The number of ether oxygens (including phenoxy) is 1. The molecule has 1 aromatic rings. The quantitative estimate of drug-likeness (QED) is 0.817. The standard InChI is InChI=1S/C15H20BrNO2/c1-3-19-14(18)15(2,17-13-8-9-13)10-11-4-6-12(16)7-5-11/h4-7,13,17H,3,8-10H2,1-2H3. The van der Waals surface area contributed by atoms with E-state index in [2.05, 4.69) is 21.2 Å². The van der Waals surface area contributed by atoms with Gasteiger partial charge in [0.2, 0.25) is 0 Å². The van der Waals surface area contributed by atoms with Crippen LogP contribution < -0.4 is 5.32 Å². The molecule has 0 aliphatic heterocycles. The predicted molar refractivity (Wildman–Crippen MR) is 79.0 cm³/mol. The zero-order valence-electron chi connectivity index (χ0n) is 11.4. The Bertz CT molecular complexity index is 442. The Morgan fingerprint density at radius 2 is 2.05 bits per heavy atom. The summed E-state index contributed by atoms with van der Waals surface area (Å²) in [6, 6.07) is 8.53. The molecule has 1 N–H and O–H groups in total. The molecule has 0 spiro atoms. The summed E-state index contributed by atoms with van der Waals surface area (Å²) in [6.45, 7) is 4.20. The molecular weight excluding hydrogens is 306 g/mol. The van der Waals surface area contributed by atoms with Crippen molar-refractivity contribution < 1.29 is 9.53 Å². The molecule has 0 amide bonds. The van der Waals surface area contributed by atoms with E-state index < -0.39 is 5.54 Å². The van der Waals surface area contributed by atoms with E-state index in [1.54, 1.807) is 0 Å². The fourth-order valence-electron chi connectivity index (χ4n) is 2.16. The topological polar surface area (TPSA) is 38.3 Å². The van der Waals surface area contributed by atoms with E-state index in [1.807, 2.05) is 38.1 Å². The molecule has 0 heterocycles. The van der Waals surface area contributed by atoms with Gasteiger partial charge < -0.3 is 4.74 Å². The lowest BCUT2D eigenvalue weighted by Gasteiger charge is -2.29. The van der Waals surface area contributed by atoms with Gasteiger partial charge in [-0.05, 0) is 44.4 Å². The summed E-state index contributed by atoms with van der Waals surface area (Å²) in [5.74, 6) is -0.162. The maximum absolute atomic E-state index is 12.2. The van der Waals surface area contributed by atoms with Crippen LogP contribution in [0.2, 0.25) is 0 Å². The SMILES string of the molecule is CCOC(=O)C(C)(Cc1ccc(Br)cc1)NC1CC1. The number of hydrogen-bond acceptors (Lipinski definition) is 3. The van der Waals surface area contributed by atoms with Crippen LogP contribution in [0.3, 0.4) is 0 Å². The highest BCUT2D eigenvalue weighted by atomic mass is 79.9. The maximum atomic E-state index is 12.2. The first kappa shape index (κ1) is 14.5. The smallest absolute Gasteiger partial charge is 0.326 e. The average Bonchev–Trinajstić information content (AvgIpc) is 3.16. The number of hydrogen-bond donors (Lipinski definition) is 1. The van der Waals surface area contributed by atoms with Crippen LogP contribution in [-0.2, 0) is 16.0 Å². The molecule has 1 fully saturated rings. The van der Waals surface area contributed by atoms with Gasteiger partial charge in [0, 0.05) is 16.9 Å². The first-order valence-electron chi connectivity index (χ1n) is 6.73. The third-order valence-corrected chi connectivity index (χ3v) is 3.83. The number of rotatable bonds is 6. The molecule has 1 atom stereocenters. The third-order valence-electron chi connectivity index (χ3n) is 3.30. The van der Waals surface area contributed by atoms with Crippen molar-refractivity contribution in [2.24, 2.45) is 0 Å². The third kappa shape index (κ3) is 4.05. The molecule has 0 bridgehead atoms. The second-order valence-corrected chi connectivity index (χ2v) is 6.19. The van der Waals surface area contributed by atoms with Gasteiger partial charge in [0.1, 0.15) is 5.54 Å². The first-order chi connectivity index (χ1) is 9.03. The summed E-state index contributed by atoms with van der Waals surface area (Å²) >= 11 is 3.42. The van der Waals surface area contributed by atoms with Gasteiger partial charge >= 0.3 is 5.97 Å². The maximum Gasteiger partial charge on any atom is 0.326 e. The van der Waals surface area contributed by atoms with Gasteiger partial charge in [-0.3, -0.25) is 10.1 Å². The van der Waals surface area contributed by atoms with Crippen molar-refractivity contribution in [3.63, 3.8) is 0 Å². The highest BCUT2D eigenvalue weighted by Gasteiger charge is 2.39. The Morgan fingerprint density at radius 3 is 2.58 bits per heavy atom. The van der Waals surface area contributed by atoms with Crippen LogP contribution in [0, 0.1) is 0 Å². The minimum atomic E-state index is -0.634. The van der Waals surface area contributed by atoms with E-state index in [0.29, 0.717) is 19.1 Å². The molecule has 1 aliphatic carbocycles. The molecule has 0 aromatic heterocycles. The zero-order valence-corrected chi connectivity index (χ0v) is 13.0. The molecule has 1 aliphatic rings. The summed E-state index contributed by atoms with van der Waals surface area (Å²) in [7, 11) is 0. The largest absolute Gasteiger partial charge is 0.465 e. The van der Waals surface area contributed by atoms with Crippen molar-refractivity contribution in [1.82, 2.24) is 5.32 Å². The van der Waals surface area contributed by atoms with Gasteiger partial charge in [-0.2, -0.15) is 0 Å². The van der Waals surface area contributed by atoms with Gasteiger partial charge in [-0.25, -0.2) is 0 Å². The molecule has 2 rings (SSSR count). The molecule has 19 heavy (non-hydrogen) atoms. The van der Waals surface area contributed by atoms with Gasteiger partial charge in [0.05, 0.1) is 6.61 Å². The van der Waals surface area contributed by atoms with Crippen LogP contribution in [0.1, 0.15) is 32.3 Å². The Morgan fingerprint density at radius 1 is 1.42 bits per heavy atom. The highest BCUT2D eigenvalue weighted by Crippen LogP contribution is 2.26. The van der Waals surface area contributed by atoms with Crippen molar-refractivity contribution >= 4 is 21.9 Å². The molecule has 104 valence electrons. The van der Waals surface area contributed by atoms with Crippen LogP contribution in [0.5, 0.6) is 0 Å². The van der Waals surface area contributed by atoms with Crippen LogP contribution in [0.15, 0.2) is 28.7 Å². The van der Waals surface area contributed by atoms with Crippen molar-refractivity contribution in [2.75, 3.05) is 6.61 Å². The molecule has 0 radical (unpaired) electrons. The molecule has 0 saturated heterocycles. The highest BCUT2D eigenvalue weighted by molar-refractivity contribution is 9.10. The average molecular weight is 326 g/mol. The lowest BCUT2D eigenvalue weighted by Crippen LogP contribution is -2.53. The van der Waals surface area contributed by atoms with Crippen LogP contribution in [0.4, 0.5) is 0 Å². The van der Waals surface area contributed by atoms with Crippen LogP contribution in [0.25, 0.3) is 0 Å². The van der Waals surface area contributed by atoms with Crippen LogP contribution >= 0.6 is 15.9 Å². The minimum absolute atomic E-state index is 0.162. The predicted octanol–water partition coefficient (Wildman–Crippen LogP) is 3.07. The number of carbonyl (C=O) groups excluding carboxylic acids is 1. The summed E-state index contributed by atoms with van der Waals surface area (Å²) in [5.41, 5.74) is 0.497. The second kappa shape index (κ2) is 6.06. The number of benzene rings is 1. The monoisotopic (exact) mass is 325 g/mol. The van der Waals surface area contributed by atoms with E-state index in [-0.39, 0.29) is 5.97 Å². The molecule has 4 heteroatoms. The number of esters is 1. The summed E-state index contributed by atoms with van der Waals surface area (Å²) in [6.07, 6.45) is 2.94. The Balaban J connectivity index is 2.11. The fourth-order valence-corrected chi connectivity index (χ4v) is 2.43. The number of halogens is 1. The summed E-state index contributed by atoms with van der Waals surface area (Å²) in [4.78, 5) is 12.2. The van der Waals surface area contributed by atoms with Crippen molar-refractivity contribution in [2.45, 2.75) is 44.7 Å². The lowest BCUT2D eigenvalue weighted by atomic mass is 9.92. The van der Waals surface area contributed by atoms with E-state index in [9.17, 15) is 4.79 Å². The second-order valence-electron chi connectivity index (χ2n) is 5.27. The van der Waals surface area contributed by atoms with Gasteiger partial charge in [-0.1, -0.05) is 28.1 Å². The molecule has 1 saturated carbocycles. The normalized spacial score (nSPS) is 17.8. The zero-order chi connectivity index (χ0) is 13.9. The fraction of sp³-hybridized carbons (Fsp3) is 0.533. The summed E-state index contributed by atoms with van der Waals surface area (Å²) < 4.78 is 6.27. The lowest BCUT2D eigenvalue weighted by molar-refractivity contribution is -0.150. The van der Waals surface area contributed by atoms with E-state index in [0.717, 1.165) is 22.9 Å². The first-order valence-corrected chi connectivity index (χ1v) is 7.52. The van der Waals surface area contributed by atoms with Gasteiger partial charge in [0.15, 0.2) is 0 Å². The van der Waals surface area contributed by atoms with Crippen molar-refractivity contribution in [3.8, 4) is 0 Å². The Labute approximate surface area is 122 Å². The van der Waals surface area contributed by atoms with Crippen LogP contribution in [-0.4, -0.2) is 24.2 Å². The molecule has 3 nitrogen and oxygen atoms in total. The van der Waals surface area contributed by atoms with Crippen molar-refractivity contribution in [1.29, 1.82) is 0 Å².